The number of carbonyl (C=O) groups is 1. The number of carbonyl (C=O) groups excluding carboxylic acids is 1. The summed E-state index contributed by atoms with van der Waals surface area (Å²) >= 11 is 18.7. The lowest BCUT2D eigenvalue weighted by atomic mass is 9.91. The predicted molar refractivity (Wildman–Crippen MR) is 124 cm³/mol. The van der Waals surface area contributed by atoms with E-state index >= 15 is 0 Å². The van der Waals surface area contributed by atoms with Crippen molar-refractivity contribution >= 4 is 58.2 Å². The van der Waals surface area contributed by atoms with Crippen LogP contribution < -0.4 is 4.72 Å². The summed E-state index contributed by atoms with van der Waals surface area (Å²) in [6.45, 7) is 2.93. The van der Waals surface area contributed by atoms with Crippen LogP contribution in [0.15, 0.2) is 63.5 Å². The Kier molecular flexibility index (Phi) is 7.59. The first-order valence-corrected chi connectivity index (χ1v) is 13.6. The van der Waals surface area contributed by atoms with Gasteiger partial charge in [-0.25, -0.2) is 8.42 Å². The molecule has 0 fully saturated rings. The molecule has 0 saturated carbocycles. The third-order valence-electron chi connectivity index (χ3n) is 4.69. The van der Waals surface area contributed by atoms with E-state index in [2.05, 4.69) is 4.72 Å². The second kappa shape index (κ2) is 9.57. The van der Waals surface area contributed by atoms with Crippen LogP contribution in [0.5, 0.6) is 0 Å². The molecule has 1 aliphatic carbocycles. The first-order valence-electron chi connectivity index (χ1n) is 9.42. The van der Waals surface area contributed by atoms with Crippen molar-refractivity contribution in [3.05, 3.63) is 74.7 Å². The van der Waals surface area contributed by atoms with E-state index in [1.165, 1.54) is 36.4 Å². The van der Waals surface area contributed by atoms with Crippen molar-refractivity contribution in [2.24, 2.45) is 0 Å². The summed E-state index contributed by atoms with van der Waals surface area (Å²) in [6.07, 6.45) is 0. The third-order valence-corrected chi connectivity index (χ3v) is 10.2. The summed E-state index contributed by atoms with van der Waals surface area (Å²) in [5, 5.41) is -2.99. The van der Waals surface area contributed by atoms with Gasteiger partial charge in [-0.3, -0.25) is 9.36 Å². The minimum atomic E-state index is -4.45. The van der Waals surface area contributed by atoms with Gasteiger partial charge in [0.1, 0.15) is 5.03 Å². The van der Waals surface area contributed by atoms with Crippen molar-refractivity contribution in [3.63, 3.8) is 0 Å². The maximum atomic E-state index is 14.2. The fourth-order valence-electron chi connectivity index (χ4n) is 3.35. The Labute approximate surface area is 201 Å². The van der Waals surface area contributed by atoms with Crippen LogP contribution in [0.2, 0.25) is 5.02 Å². The fraction of sp³-hybridized carbons (Fsp3) is 0.250. The van der Waals surface area contributed by atoms with Gasteiger partial charge in [-0.15, -0.1) is 0 Å². The van der Waals surface area contributed by atoms with Gasteiger partial charge < -0.3 is 9.05 Å². The first-order chi connectivity index (χ1) is 15.0. The Morgan fingerprint density at radius 2 is 1.53 bits per heavy atom. The highest BCUT2D eigenvalue weighted by Crippen LogP contribution is 2.69. The standard InChI is InChI=1S/C20H19Cl3NO6PS/c1-3-29-31(26,30-4-2)20(24-32(27,28)14-11-9-13(21)10-12-14)16-8-6-5-7-15(16)18(25)17(22)19(20)23/h5-12,24H,3-4H2,1-2H3. The zero-order valence-corrected chi connectivity index (χ0v) is 21.0. The van der Waals surface area contributed by atoms with Crippen molar-refractivity contribution < 1.29 is 26.8 Å². The average Bonchev–Trinajstić information content (AvgIpc) is 2.76. The van der Waals surface area contributed by atoms with Gasteiger partial charge in [-0.2, -0.15) is 4.72 Å². The highest BCUT2D eigenvalue weighted by molar-refractivity contribution is 7.90. The molecule has 7 nitrogen and oxygen atoms in total. The molecule has 0 aromatic heterocycles. The van der Waals surface area contributed by atoms with Gasteiger partial charge in [-0.1, -0.05) is 59.1 Å². The number of ketones is 1. The van der Waals surface area contributed by atoms with E-state index in [0.29, 0.717) is 5.02 Å². The second-order valence-electron chi connectivity index (χ2n) is 6.61. The van der Waals surface area contributed by atoms with Crippen molar-refractivity contribution in [2.75, 3.05) is 13.2 Å². The summed E-state index contributed by atoms with van der Waals surface area (Å²) in [4.78, 5) is 12.6. The number of rotatable bonds is 8. The van der Waals surface area contributed by atoms with Crippen LogP contribution in [0.25, 0.3) is 0 Å². The molecule has 32 heavy (non-hydrogen) atoms. The Hall–Kier alpha value is -1.22. The summed E-state index contributed by atoms with van der Waals surface area (Å²) in [5.74, 6) is -0.645. The molecule has 12 heteroatoms. The van der Waals surface area contributed by atoms with Crippen molar-refractivity contribution in [1.82, 2.24) is 4.72 Å². The van der Waals surface area contributed by atoms with E-state index < -0.39 is 38.7 Å². The van der Waals surface area contributed by atoms with Gasteiger partial charge in [0.15, 0.2) is 5.28 Å². The third kappa shape index (κ3) is 4.19. The molecule has 1 N–H and O–H groups in total. The second-order valence-corrected chi connectivity index (χ2v) is 11.7. The largest absolute Gasteiger partial charge is 0.361 e. The quantitative estimate of drug-likeness (QED) is 0.438. The lowest BCUT2D eigenvalue weighted by Crippen LogP contribution is -2.49. The molecule has 1 atom stereocenters. The summed E-state index contributed by atoms with van der Waals surface area (Å²) in [7, 11) is -8.85. The van der Waals surface area contributed by atoms with E-state index in [1.54, 1.807) is 26.0 Å². The molecule has 0 heterocycles. The molecular weight excluding hydrogens is 520 g/mol. The molecule has 0 radical (unpaired) electrons. The van der Waals surface area contributed by atoms with Crippen LogP contribution in [0.3, 0.4) is 0 Å². The van der Waals surface area contributed by atoms with Gasteiger partial charge in [0.25, 0.3) is 0 Å². The first kappa shape index (κ1) is 25.4. The number of benzene rings is 2. The molecule has 0 saturated heterocycles. The van der Waals surface area contributed by atoms with Crippen LogP contribution in [-0.2, 0) is 28.9 Å². The Bertz CT molecular complexity index is 1220. The SMILES string of the molecule is CCOP(=O)(OCC)C1(NS(=O)(=O)c2ccc(Cl)cc2)C(Cl)=C(Cl)C(=O)c2ccccc21. The van der Waals surface area contributed by atoms with Crippen molar-refractivity contribution in [3.8, 4) is 0 Å². The minimum absolute atomic E-state index is 0.00201. The zero-order valence-electron chi connectivity index (χ0n) is 17.0. The lowest BCUT2D eigenvalue weighted by molar-refractivity contribution is 0.103. The number of nitrogens with one attached hydrogen (secondary N) is 1. The number of hydrogen-bond donors (Lipinski definition) is 1. The summed E-state index contributed by atoms with van der Waals surface area (Å²) in [6, 6.07) is 11.3. The Morgan fingerprint density at radius 1 is 0.969 bits per heavy atom. The van der Waals surface area contributed by atoms with E-state index in [4.69, 9.17) is 43.9 Å². The van der Waals surface area contributed by atoms with Crippen LogP contribution in [-0.4, -0.2) is 27.4 Å². The number of sulfonamides is 1. The highest BCUT2D eigenvalue weighted by atomic mass is 35.5. The van der Waals surface area contributed by atoms with Gasteiger partial charge in [0.2, 0.25) is 15.8 Å². The number of halogens is 3. The molecule has 2 aromatic carbocycles. The van der Waals surface area contributed by atoms with Crippen LogP contribution in [0.1, 0.15) is 29.8 Å². The van der Waals surface area contributed by atoms with Gasteiger partial charge >= 0.3 is 7.60 Å². The highest BCUT2D eigenvalue weighted by Gasteiger charge is 2.61. The normalized spacial score (nSPS) is 19.2. The fourth-order valence-corrected chi connectivity index (χ4v) is 8.39. The maximum absolute atomic E-state index is 14.2. The van der Waals surface area contributed by atoms with Crippen LogP contribution >= 0.6 is 42.4 Å². The Morgan fingerprint density at radius 3 is 2.09 bits per heavy atom. The zero-order chi connectivity index (χ0) is 23.7. The van der Waals surface area contributed by atoms with E-state index in [9.17, 15) is 17.8 Å². The average molecular weight is 539 g/mol. The van der Waals surface area contributed by atoms with Crippen molar-refractivity contribution in [2.45, 2.75) is 24.0 Å². The Balaban J connectivity index is 2.39. The van der Waals surface area contributed by atoms with E-state index in [1.807, 2.05) is 0 Å². The number of allylic oxidation sites excluding steroid dienone is 1. The molecule has 1 aliphatic rings. The van der Waals surface area contributed by atoms with Gasteiger partial charge in [-0.05, 0) is 38.1 Å². The maximum Gasteiger partial charge on any atom is 0.361 e. The van der Waals surface area contributed by atoms with Crippen molar-refractivity contribution in [1.29, 1.82) is 0 Å². The molecule has 0 bridgehead atoms. The van der Waals surface area contributed by atoms with Gasteiger partial charge in [0.05, 0.1) is 23.1 Å². The molecule has 172 valence electrons. The molecule has 0 amide bonds. The molecule has 0 aliphatic heterocycles. The predicted octanol–water partition coefficient (Wildman–Crippen LogP) is 5.62. The topological polar surface area (TPSA) is 98.8 Å². The van der Waals surface area contributed by atoms with E-state index in [0.717, 1.165) is 0 Å². The molecule has 0 spiro atoms. The lowest BCUT2D eigenvalue weighted by Gasteiger charge is -2.42. The number of hydrogen-bond acceptors (Lipinski definition) is 6. The molecule has 1 unspecified atom stereocenters. The smallest absolute Gasteiger partial charge is 0.307 e. The van der Waals surface area contributed by atoms with Crippen LogP contribution in [0.4, 0.5) is 0 Å². The molecule has 2 aromatic rings. The minimum Gasteiger partial charge on any atom is -0.307 e. The number of fused-ring (bicyclic) bond motifs is 1. The monoisotopic (exact) mass is 537 g/mol. The molecule has 3 rings (SSSR count). The number of Topliss-reactive ketones (excluding diaryl/α,β-unsaturated/α-hetero) is 1. The van der Waals surface area contributed by atoms with E-state index in [-0.39, 0.29) is 29.2 Å². The van der Waals surface area contributed by atoms with Crippen LogP contribution in [0, 0.1) is 0 Å². The summed E-state index contributed by atoms with van der Waals surface area (Å²) in [5.41, 5.74) is 0.0162. The van der Waals surface area contributed by atoms with Gasteiger partial charge in [0, 0.05) is 16.1 Å². The summed E-state index contributed by atoms with van der Waals surface area (Å²) < 4.78 is 54.5. The molecular formula is C20H19Cl3NO6PS.